The van der Waals surface area contributed by atoms with E-state index in [1.165, 1.54) is 6.42 Å². The van der Waals surface area contributed by atoms with E-state index in [-0.39, 0.29) is 0 Å². The van der Waals surface area contributed by atoms with Crippen LogP contribution in [0.25, 0.3) is 0 Å². The topological polar surface area (TPSA) is 34.1 Å². The van der Waals surface area contributed by atoms with Crippen LogP contribution in [-0.2, 0) is 0 Å². The Hall–Kier alpha value is -1.09. The minimum Gasteiger partial charge on any atom is -0.491 e. The lowest BCUT2D eigenvalue weighted by Gasteiger charge is -2.14. The molecule has 0 fully saturated rings. The van der Waals surface area contributed by atoms with E-state index in [4.69, 9.17) is 4.74 Å². The first kappa shape index (κ1) is 13.0. The molecule has 0 aliphatic rings. The van der Waals surface area contributed by atoms with E-state index in [9.17, 15) is 0 Å². The third-order valence-electron chi connectivity index (χ3n) is 2.40. The second kappa shape index (κ2) is 7.23. The lowest BCUT2D eigenvalue weighted by molar-refractivity contribution is 0.253. The largest absolute Gasteiger partial charge is 0.491 e. The highest BCUT2D eigenvalue weighted by molar-refractivity contribution is 5.25. The van der Waals surface area contributed by atoms with E-state index in [2.05, 4.69) is 24.1 Å². The van der Waals surface area contributed by atoms with Gasteiger partial charge in [-0.25, -0.2) is 0 Å². The molecule has 1 aromatic heterocycles. The monoisotopic (exact) mass is 222 g/mol. The van der Waals surface area contributed by atoms with Crippen LogP contribution < -0.4 is 10.1 Å². The minimum absolute atomic E-state index is 0.520. The van der Waals surface area contributed by atoms with Gasteiger partial charge in [-0.2, -0.15) is 0 Å². The average molecular weight is 222 g/mol. The van der Waals surface area contributed by atoms with Gasteiger partial charge in [0.2, 0.25) is 0 Å². The van der Waals surface area contributed by atoms with Gasteiger partial charge in [0, 0.05) is 18.7 Å². The van der Waals surface area contributed by atoms with Crippen LogP contribution in [0.5, 0.6) is 5.75 Å². The lowest BCUT2D eigenvalue weighted by atomic mass is 10.2. The summed E-state index contributed by atoms with van der Waals surface area (Å²) in [4.78, 5) is 4.19. The van der Waals surface area contributed by atoms with Crippen LogP contribution in [0, 0.1) is 12.8 Å². The van der Waals surface area contributed by atoms with E-state index in [0.717, 1.165) is 31.1 Å². The molecule has 1 heterocycles. The Bertz CT molecular complexity index is 302. The number of nitrogens with zero attached hydrogens (tertiary/aromatic N) is 1. The fraction of sp³-hybridized carbons (Fsp3) is 0.615. The Balaban J connectivity index is 2.26. The molecule has 3 heteroatoms. The second-order valence-electron chi connectivity index (χ2n) is 4.21. The molecule has 0 amide bonds. The molecule has 16 heavy (non-hydrogen) atoms. The molecule has 0 aliphatic heterocycles. The average Bonchev–Trinajstić information content (AvgIpc) is 2.28. The van der Waals surface area contributed by atoms with Crippen LogP contribution in [0.2, 0.25) is 0 Å². The number of pyridine rings is 1. The smallest absolute Gasteiger partial charge is 0.140 e. The highest BCUT2D eigenvalue weighted by atomic mass is 16.5. The van der Waals surface area contributed by atoms with E-state index in [1.807, 2.05) is 19.1 Å². The van der Waals surface area contributed by atoms with Crippen molar-refractivity contribution in [3.8, 4) is 5.75 Å². The zero-order chi connectivity index (χ0) is 11.8. The molecule has 0 spiro atoms. The van der Waals surface area contributed by atoms with Crippen LogP contribution in [0.1, 0.15) is 26.0 Å². The second-order valence-corrected chi connectivity index (χ2v) is 4.21. The van der Waals surface area contributed by atoms with Crippen LogP contribution in [0.4, 0.5) is 0 Å². The molecule has 1 atom stereocenters. The summed E-state index contributed by atoms with van der Waals surface area (Å²) in [6.45, 7) is 9.16. The number of ether oxygens (including phenoxy) is 1. The van der Waals surface area contributed by atoms with Crippen LogP contribution in [0.15, 0.2) is 18.3 Å². The van der Waals surface area contributed by atoms with Crippen molar-refractivity contribution in [1.29, 1.82) is 0 Å². The minimum atomic E-state index is 0.520. The van der Waals surface area contributed by atoms with Crippen LogP contribution in [-0.4, -0.2) is 24.7 Å². The number of hydrogen-bond donors (Lipinski definition) is 1. The third kappa shape index (κ3) is 4.62. The molecule has 0 aliphatic carbocycles. The zero-order valence-corrected chi connectivity index (χ0v) is 10.5. The molecule has 0 saturated carbocycles. The number of hydrogen-bond acceptors (Lipinski definition) is 3. The molecule has 0 radical (unpaired) electrons. The number of rotatable bonds is 7. The lowest BCUT2D eigenvalue weighted by Crippen LogP contribution is -2.25. The van der Waals surface area contributed by atoms with Crippen molar-refractivity contribution in [3.05, 3.63) is 24.0 Å². The maximum Gasteiger partial charge on any atom is 0.140 e. The van der Waals surface area contributed by atoms with Crippen LogP contribution in [0.3, 0.4) is 0 Å². The maximum atomic E-state index is 5.73. The summed E-state index contributed by atoms with van der Waals surface area (Å²) in [5.74, 6) is 1.41. The van der Waals surface area contributed by atoms with Gasteiger partial charge in [0.15, 0.2) is 0 Å². The first-order chi connectivity index (χ1) is 7.74. The molecule has 1 rings (SSSR count). The van der Waals surface area contributed by atoms with Gasteiger partial charge in [-0.05, 0) is 32.0 Å². The molecule has 1 N–H and O–H groups in total. The van der Waals surface area contributed by atoms with Crippen LogP contribution >= 0.6 is 0 Å². The highest BCUT2D eigenvalue weighted by Gasteiger charge is 2.04. The Labute approximate surface area is 98.2 Å². The molecule has 3 nitrogen and oxygen atoms in total. The van der Waals surface area contributed by atoms with Gasteiger partial charge in [0.1, 0.15) is 5.75 Å². The molecule has 1 aromatic rings. The number of nitrogens with one attached hydrogen (secondary N) is 1. The Morgan fingerprint density at radius 2 is 2.31 bits per heavy atom. The maximum absolute atomic E-state index is 5.73. The molecule has 0 bridgehead atoms. The van der Waals surface area contributed by atoms with E-state index in [1.54, 1.807) is 6.20 Å². The van der Waals surface area contributed by atoms with Crippen molar-refractivity contribution in [2.24, 2.45) is 5.92 Å². The van der Waals surface area contributed by atoms with Crippen molar-refractivity contribution in [1.82, 2.24) is 10.3 Å². The quantitative estimate of drug-likeness (QED) is 0.719. The third-order valence-corrected chi connectivity index (χ3v) is 2.40. The van der Waals surface area contributed by atoms with Gasteiger partial charge in [-0.1, -0.05) is 13.8 Å². The SMILES string of the molecule is CCCNCC(C)COc1cccnc1C. The molecule has 1 unspecified atom stereocenters. The summed E-state index contributed by atoms with van der Waals surface area (Å²) >= 11 is 0. The molecule has 0 aromatic carbocycles. The first-order valence-electron chi connectivity index (χ1n) is 5.99. The summed E-state index contributed by atoms with van der Waals surface area (Å²) in [5.41, 5.74) is 0.955. The summed E-state index contributed by atoms with van der Waals surface area (Å²) in [6.07, 6.45) is 2.96. The van der Waals surface area contributed by atoms with Crippen molar-refractivity contribution >= 4 is 0 Å². The van der Waals surface area contributed by atoms with Crippen molar-refractivity contribution in [2.75, 3.05) is 19.7 Å². The van der Waals surface area contributed by atoms with Gasteiger partial charge in [-0.15, -0.1) is 0 Å². The molecule has 90 valence electrons. The van der Waals surface area contributed by atoms with E-state index in [0.29, 0.717) is 5.92 Å². The standard InChI is InChI=1S/C13H22N2O/c1-4-7-14-9-11(2)10-16-13-6-5-8-15-12(13)3/h5-6,8,11,14H,4,7,9-10H2,1-3H3. The summed E-state index contributed by atoms with van der Waals surface area (Å²) in [7, 11) is 0. The fourth-order valence-electron chi connectivity index (χ4n) is 1.44. The Morgan fingerprint density at radius 3 is 3.00 bits per heavy atom. The highest BCUT2D eigenvalue weighted by Crippen LogP contribution is 2.14. The number of aromatic nitrogens is 1. The Morgan fingerprint density at radius 1 is 1.50 bits per heavy atom. The normalized spacial score (nSPS) is 12.4. The van der Waals surface area contributed by atoms with E-state index >= 15 is 0 Å². The van der Waals surface area contributed by atoms with Crippen molar-refractivity contribution in [3.63, 3.8) is 0 Å². The summed E-state index contributed by atoms with van der Waals surface area (Å²) in [6, 6.07) is 3.87. The molecule has 0 saturated heterocycles. The van der Waals surface area contributed by atoms with Crippen molar-refractivity contribution < 1.29 is 4.74 Å². The summed E-state index contributed by atoms with van der Waals surface area (Å²) < 4.78 is 5.73. The van der Waals surface area contributed by atoms with Gasteiger partial charge < -0.3 is 10.1 Å². The zero-order valence-electron chi connectivity index (χ0n) is 10.5. The van der Waals surface area contributed by atoms with Gasteiger partial charge in [0.05, 0.1) is 12.3 Å². The molecular formula is C13H22N2O. The van der Waals surface area contributed by atoms with Gasteiger partial charge in [-0.3, -0.25) is 4.98 Å². The van der Waals surface area contributed by atoms with Gasteiger partial charge in [0.25, 0.3) is 0 Å². The first-order valence-corrected chi connectivity index (χ1v) is 5.99. The fourth-order valence-corrected chi connectivity index (χ4v) is 1.44. The predicted octanol–water partition coefficient (Wildman–Crippen LogP) is 2.40. The Kier molecular flexibility index (Phi) is 5.86. The van der Waals surface area contributed by atoms with E-state index < -0.39 is 0 Å². The van der Waals surface area contributed by atoms with Crippen molar-refractivity contribution in [2.45, 2.75) is 27.2 Å². The predicted molar refractivity (Wildman–Crippen MR) is 66.8 cm³/mol. The van der Waals surface area contributed by atoms with Gasteiger partial charge >= 0.3 is 0 Å². The number of aryl methyl sites for hydroxylation is 1. The summed E-state index contributed by atoms with van der Waals surface area (Å²) in [5, 5.41) is 3.39. The molecular weight excluding hydrogens is 200 g/mol.